The summed E-state index contributed by atoms with van der Waals surface area (Å²) in [6.45, 7) is 8.64. The summed E-state index contributed by atoms with van der Waals surface area (Å²) >= 11 is 0. The summed E-state index contributed by atoms with van der Waals surface area (Å²) in [6, 6.07) is 7.65. The fourth-order valence-electron chi connectivity index (χ4n) is 3.49. The Balaban J connectivity index is 1.67. The van der Waals surface area contributed by atoms with Gasteiger partial charge < -0.3 is 20.4 Å². The first kappa shape index (κ1) is 23.3. The van der Waals surface area contributed by atoms with Crippen LogP contribution in [0, 0.1) is 0 Å². The van der Waals surface area contributed by atoms with Gasteiger partial charge in [-0.15, -0.1) is 0 Å². The van der Waals surface area contributed by atoms with Gasteiger partial charge in [0.15, 0.2) is 5.96 Å². The number of carbonyl (C=O) groups excluding carboxylic acids is 2. The Morgan fingerprint density at radius 2 is 2.09 bits per heavy atom. The normalized spacial score (nSPS) is 15.6. The van der Waals surface area contributed by atoms with Gasteiger partial charge >= 0.3 is 0 Å². The van der Waals surface area contributed by atoms with Gasteiger partial charge in [-0.3, -0.25) is 14.3 Å². The molecule has 3 rings (SSSR count). The Morgan fingerprint density at radius 1 is 1.28 bits per heavy atom. The van der Waals surface area contributed by atoms with Crippen molar-refractivity contribution in [1.29, 1.82) is 0 Å². The number of rotatable bonds is 7. The fraction of sp³-hybridized carbons (Fsp3) is 0.478. The van der Waals surface area contributed by atoms with Crippen molar-refractivity contribution in [3.05, 3.63) is 47.8 Å². The number of aryl methyl sites for hydroxylation is 1. The van der Waals surface area contributed by atoms with E-state index in [0.29, 0.717) is 37.7 Å². The van der Waals surface area contributed by atoms with Crippen LogP contribution < -0.4 is 15.5 Å². The number of benzene rings is 1. The van der Waals surface area contributed by atoms with Crippen molar-refractivity contribution >= 4 is 23.5 Å². The van der Waals surface area contributed by atoms with Crippen LogP contribution in [0.25, 0.3) is 0 Å². The molecule has 0 spiro atoms. The van der Waals surface area contributed by atoms with E-state index < -0.39 is 0 Å². The number of hydrogen-bond acceptors (Lipinski definition) is 4. The SMILES string of the molecule is CCNC(=NCc1cccc(C(=O)NC(C)CC)c1)N1CCN(c2cnn(C)c2)C(=O)C1. The monoisotopic (exact) mass is 439 g/mol. The average molecular weight is 440 g/mol. The van der Waals surface area contributed by atoms with Crippen LogP contribution in [0.4, 0.5) is 5.69 Å². The highest BCUT2D eigenvalue weighted by atomic mass is 16.2. The Hall–Kier alpha value is -3.36. The number of nitrogens with one attached hydrogen (secondary N) is 2. The molecule has 1 aromatic carbocycles. The molecule has 1 aliphatic rings. The van der Waals surface area contributed by atoms with Gasteiger partial charge in [0.05, 0.1) is 18.4 Å². The first-order valence-corrected chi connectivity index (χ1v) is 11.1. The Kier molecular flexibility index (Phi) is 7.86. The van der Waals surface area contributed by atoms with Crippen LogP contribution in [-0.2, 0) is 18.4 Å². The molecular formula is C23H33N7O2. The molecule has 0 radical (unpaired) electrons. The van der Waals surface area contributed by atoms with E-state index >= 15 is 0 Å². The molecule has 0 saturated carbocycles. The highest BCUT2D eigenvalue weighted by Crippen LogP contribution is 2.16. The number of aliphatic imine (C=N–C) groups is 1. The molecule has 9 nitrogen and oxygen atoms in total. The number of carbonyl (C=O) groups is 2. The molecular weight excluding hydrogens is 406 g/mol. The molecule has 1 saturated heterocycles. The third kappa shape index (κ3) is 5.87. The number of anilines is 1. The molecule has 0 aliphatic carbocycles. The number of guanidine groups is 1. The molecule has 32 heavy (non-hydrogen) atoms. The van der Waals surface area contributed by atoms with Crippen LogP contribution in [0.2, 0.25) is 0 Å². The number of amides is 2. The Morgan fingerprint density at radius 3 is 2.75 bits per heavy atom. The lowest BCUT2D eigenvalue weighted by Crippen LogP contribution is -2.55. The quantitative estimate of drug-likeness (QED) is 0.506. The number of hydrogen-bond donors (Lipinski definition) is 2. The molecule has 2 amide bonds. The maximum absolute atomic E-state index is 12.7. The zero-order valence-electron chi connectivity index (χ0n) is 19.3. The summed E-state index contributed by atoms with van der Waals surface area (Å²) in [6.07, 6.45) is 4.43. The van der Waals surface area contributed by atoms with Gasteiger partial charge in [0.1, 0.15) is 6.54 Å². The molecule has 1 atom stereocenters. The Bertz CT molecular complexity index is 969. The standard InChI is InChI=1S/C23H33N7O2/c1-5-17(3)27-22(32)19-9-7-8-18(12-19)13-25-23(24-6-2)29-10-11-30(21(31)16-29)20-14-26-28(4)15-20/h7-9,12,14-15,17H,5-6,10-11,13,16H2,1-4H3,(H,24,25)(H,27,32). The molecule has 1 unspecified atom stereocenters. The van der Waals surface area contributed by atoms with Gasteiger partial charge in [0.2, 0.25) is 5.91 Å². The number of nitrogens with zero attached hydrogens (tertiary/aromatic N) is 5. The van der Waals surface area contributed by atoms with Crippen LogP contribution in [0.3, 0.4) is 0 Å². The van der Waals surface area contributed by atoms with Crippen molar-refractivity contribution in [2.24, 2.45) is 12.0 Å². The van der Waals surface area contributed by atoms with E-state index in [1.165, 1.54) is 0 Å². The van der Waals surface area contributed by atoms with E-state index in [-0.39, 0.29) is 24.4 Å². The first-order chi connectivity index (χ1) is 15.4. The summed E-state index contributed by atoms with van der Waals surface area (Å²) in [5.74, 6) is 0.633. The smallest absolute Gasteiger partial charge is 0.251 e. The number of piperazine rings is 1. The van der Waals surface area contributed by atoms with Gasteiger partial charge in [0.25, 0.3) is 5.91 Å². The van der Waals surface area contributed by atoms with Crippen LogP contribution >= 0.6 is 0 Å². The summed E-state index contributed by atoms with van der Waals surface area (Å²) in [4.78, 5) is 33.6. The lowest BCUT2D eigenvalue weighted by molar-refractivity contribution is -0.120. The third-order valence-electron chi connectivity index (χ3n) is 5.45. The van der Waals surface area contributed by atoms with Gasteiger partial charge in [-0.2, -0.15) is 5.10 Å². The molecule has 172 valence electrons. The first-order valence-electron chi connectivity index (χ1n) is 11.1. The molecule has 1 aromatic heterocycles. The predicted molar refractivity (Wildman–Crippen MR) is 126 cm³/mol. The van der Waals surface area contributed by atoms with Gasteiger partial charge in [-0.05, 0) is 38.0 Å². The summed E-state index contributed by atoms with van der Waals surface area (Å²) in [5.41, 5.74) is 2.38. The van der Waals surface area contributed by atoms with E-state index in [0.717, 1.165) is 17.7 Å². The van der Waals surface area contributed by atoms with E-state index in [1.807, 2.05) is 63.2 Å². The van der Waals surface area contributed by atoms with Gasteiger partial charge in [0, 0.05) is 44.5 Å². The summed E-state index contributed by atoms with van der Waals surface area (Å²) in [7, 11) is 1.84. The predicted octanol–water partition coefficient (Wildman–Crippen LogP) is 1.76. The molecule has 0 bridgehead atoms. The van der Waals surface area contributed by atoms with E-state index in [1.54, 1.807) is 15.8 Å². The van der Waals surface area contributed by atoms with Crippen LogP contribution in [0.5, 0.6) is 0 Å². The van der Waals surface area contributed by atoms with Crippen molar-refractivity contribution in [2.75, 3.05) is 31.1 Å². The second-order valence-electron chi connectivity index (χ2n) is 7.99. The van der Waals surface area contributed by atoms with Gasteiger partial charge in [-0.25, -0.2) is 4.99 Å². The van der Waals surface area contributed by atoms with Crippen molar-refractivity contribution in [1.82, 2.24) is 25.3 Å². The zero-order valence-corrected chi connectivity index (χ0v) is 19.3. The van der Waals surface area contributed by atoms with E-state index in [4.69, 9.17) is 4.99 Å². The van der Waals surface area contributed by atoms with Crippen LogP contribution in [0.15, 0.2) is 41.7 Å². The van der Waals surface area contributed by atoms with Crippen molar-refractivity contribution in [3.8, 4) is 0 Å². The van der Waals surface area contributed by atoms with E-state index in [9.17, 15) is 9.59 Å². The number of aromatic nitrogens is 2. The molecule has 2 heterocycles. The minimum Gasteiger partial charge on any atom is -0.356 e. The summed E-state index contributed by atoms with van der Waals surface area (Å²) < 4.78 is 1.69. The Labute approximate surface area is 189 Å². The minimum atomic E-state index is -0.0748. The maximum atomic E-state index is 12.7. The molecule has 9 heteroatoms. The minimum absolute atomic E-state index is 0.0126. The second-order valence-corrected chi connectivity index (χ2v) is 7.99. The second kappa shape index (κ2) is 10.8. The van der Waals surface area contributed by atoms with Crippen LogP contribution in [0.1, 0.15) is 43.1 Å². The highest BCUT2D eigenvalue weighted by molar-refractivity contribution is 5.98. The topological polar surface area (TPSA) is 94.9 Å². The third-order valence-corrected chi connectivity index (χ3v) is 5.45. The lowest BCUT2D eigenvalue weighted by Gasteiger charge is -2.35. The molecule has 1 aliphatic heterocycles. The van der Waals surface area contributed by atoms with Crippen molar-refractivity contribution in [2.45, 2.75) is 39.8 Å². The van der Waals surface area contributed by atoms with Gasteiger partial charge in [-0.1, -0.05) is 19.1 Å². The summed E-state index contributed by atoms with van der Waals surface area (Å²) in [5, 5.41) is 10.4. The highest BCUT2D eigenvalue weighted by Gasteiger charge is 2.27. The molecule has 2 N–H and O–H groups in total. The maximum Gasteiger partial charge on any atom is 0.251 e. The lowest BCUT2D eigenvalue weighted by atomic mass is 10.1. The van der Waals surface area contributed by atoms with Crippen molar-refractivity contribution in [3.63, 3.8) is 0 Å². The zero-order chi connectivity index (χ0) is 23.1. The van der Waals surface area contributed by atoms with Crippen LogP contribution in [-0.4, -0.2) is 64.7 Å². The average Bonchev–Trinajstić information content (AvgIpc) is 3.22. The van der Waals surface area contributed by atoms with Crippen molar-refractivity contribution < 1.29 is 9.59 Å². The molecule has 2 aromatic rings. The largest absolute Gasteiger partial charge is 0.356 e. The molecule has 1 fully saturated rings. The fourth-order valence-corrected chi connectivity index (χ4v) is 3.49. The van der Waals surface area contributed by atoms with E-state index in [2.05, 4.69) is 15.7 Å².